The van der Waals surface area contributed by atoms with E-state index in [1.807, 2.05) is 60.7 Å². The van der Waals surface area contributed by atoms with E-state index in [1.54, 1.807) is 0 Å². The average molecular weight is 289 g/mol. The van der Waals surface area contributed by atoms with E-state index in [9.17, 15) is 4.79 Å². The summed E-state index contributed by atoms with van der Waals surface area (Å²) >= 11 is 0. The smallest absolute Gasteiger partial charge is 0.255 e. The molecular weight excluding hydrogens is 270 g/mol. The maximum Gasteiger partial charge on any atom is 0.255 e. The third-order valence-electron chi connectivity index (χ3n) is 3.85. The minimum Gasteiger partial charge on any atom is -0.322 e. The van der Waals surface area contributed by atoms with Gasteiger partial charge in [-0.2, -0.15) is 0 Å². The first kappa shape index (κ1) is 14.3. The van der Waals surface area contributed by atoms with Crippen molar-refractivity contribution < 1.29 is 4.79 Å². The maximum atomic E-state index is 12.3. The molecule has 0 aliphatic carbocycles. The largest absolute Gasteiger partial charge is 0.322 e. The predicted molar refractivity (Wildman–Crippen MR) is 92.4 cm³/mol. The molecule has 0 unspecified atom stereocenters. The van der Waals surface area contributed by atoms with Crippen LogP contribution in [0.1, 0.15) is 35.7 Å². The number of hydrogen-bond acceptors (Lipinski definition) is 1. The van der Waals surface area contributed by atoms with E-state index in [4.69, 9.17) is 0 Å². The Morgan fingerprint density at radius 3 is 2.23 bits per heavy atom. The van der Waals surface area contributed by atoms with Gasteiger partial charge in [-0.3, -0.25) is 4.79 Å². The lowest BCUT2D eigenvalue weighted by atomic mass is 10.0. The SMILES string of the molecule is CC(C)c1ccc(C(=O)Nc2ccc3ccccc3c2)cc1. The Labute approximate surface area is 130 Å². The summed E-state index contributed by atoms with van der Waals surface area (Å²) in [5.74, 6) is 0.392. The Morgan fingerprint density at radius 1 is 0.864 bits per heavy atom. The van der Waals surface area contributed by atoms with Gasteiger partial charge in [0.15, 0.2) is 0 Å². The minimum absolute atomic E-state index is 0.0782. The van der Waals surface area contributed by atoms with Crippen LogP contribution < -0.4 is 5.32 Å². The van der Waals surface area contributed by atoms with Crippen molar-refractivity contribution >= 4 is 22.4 Å². The number of benzene rings is 3. The van der Waals surface area contributed by atoms with E-state index in [0.29, 0.717) is 11.5 Å². The summed E-state index contributed by atoms with van der Waals surface area (Å²) in [5, 5.41) is 5.25. The zero-order valence-electron chi connectivity index (χ0n) is 12.8. The average Bonchev–Trinajstić information content (AvgIpc) is 2.55. The lowest BCUT2D eigenvalue weighted by Gasteiger charge is -2.09. The number of fused-ring (bicyclic) bond motifs is 1. The molecule has 0 aromatic heterocycles. The van der Waals surface area contributed by atoms with Gasteiger partial charge in [0.05, 0.1) is 0 Å². The predicted octanol–water partition coefficient (Wildman–Crippen LogP) is 5.22. The molecule has 0 aliphatic heterocycles. The second kappa shape index (κ2) is 6.02. The lowest BCUT2D eigenvalue weighted by molar-refractivity contribution is 0.102. The van der Waals surface area contributed by atoms with Crippen LogP contribution in [0.15, 0.2) is 66.7 Å². The van der Waals surface area contributed by atoms with Crippen molar-refractivity contribution in [3.05, 3.63) is 77.9 Å². The number of carbonyl (C=O) groups is 1. The minimum atomic E-state index is -0.0782. The Bertz CT molecular complexity index is 803. The van der Waals surface area contributed by atoms with E-state index in [2.05, 4.69) is 25.2 Å². The lowest BCUT2D eigenvalue weighted by Crippen LogP contribution is -2.11. The fourth-order valence-electron chi connectivity index (χ4n) is 2.49. The van der Waals surface area contributed by atoms with Crippen LogP contribution in [-0.2, 0) is 0 Å². The summed E-state index contributed by atoms with van der Waals surface area (Å²) in [6, 6.07) is 21.9. The first-order valence-electron chi connectivity index (χ1n) is 7.53. The molecule has 1 N–H and O–H groups in total. The zero-order valence-corrected chi connectivity index (χ0v) is 12.8. The molecular formula is C20H19NO. The molecule has 0 bridgehead atoms. The van der Waals surface area contributed by atoms with Gasteiger partial charge in [-0.1, -0.05) is 56.3 Å². The van der Waals surface area contributed by atoms with Crippen LogP contribution in [0.3, 0.4) is 0 Å². The van der Waals surface area contributed by atoms with Crippen molar-refractivity contribution in [2.45, 2.75) is 19.8 Å². The third-order valence-corrected chi connectivity index (χ3v) is 3.85. The number of anilines is 1. The first-order chi connectivity index (χ1) is 10.6. The van der Waals surface area contributed by atoms with Gasteiger partial charge in [0.1, 0.15) is 0 Å². The molecule has 3 aromatic carbocycles. The van der Waals surface area contributed by atoms with Crippen molar-refractivity contribution in [1.29, 1.82) is 0 Å². The molecule has 0 spiro atoms. The van der Waals surface area contributed by atoms with Crippen LogP contribution >= 0.6 is 0 Å². The van der Waals surface area contributed by atoms with Crippen LogP contribution in [0.4, 0.5) is 5.69 Å². The molecule has 0 saturated carbocycles. The Morgan fingerprint density at radius 2 is 1.55 bits per heavy atom. The van der Waals surface area contributed by atoms with Crippen LogP contribution in [0.5, 0.6) is 0 Å². The molecule has 22 heavy (non-hydrogen) atoms. The molecule has 2 nitrogen and oxygen atoms in total. The van der Waals surface area contributed by atoms with Crippen molar-refractivity contribution in [2.75, 3.05) is 5.32 Å². The zero-order chi connectivity index (χ0) is 15.5. The summed E-state index contributed by atoms with van der Waals surface area (Å²) < 4.78 is 0. The summed E-state index contributed by atoms with van der Waals surface area (Å²) in [4.78, 5) is 12.3. The molecule has 0 radical (unpaired) electrons. The van der Waals surface area contributed by atoms with Gasteiger partial charge in [-0.15, -0.1) is 0 Å². The second-order valence-electron chi connectivity index (χ2n) is 5.79. The Balaban J connectivity index is 1.80. The highest BCUT2D eigenvalue weighted by atomic mass is 16.1. The van der Waals surface area contributed by atoms with Gasteiger partial charge in [0, 0.05) is 11.3 Å². The summed E-state index contributed by atoms with van der Waals surface area (Å²) in [6.45, 7) is 4.29. The fourth-order valence-corrected chi connectivity index (χ4v) is 2.49. The summed E-state index contributed by atoms with van der Waals surface area (Å²) in [6.07, 6.45) is 0. The number of nitrogens with one attached hydrogen (secondary N) is 1. The first-order valence-corrected chi connectivity index (χ1v) is 7.53. The van der Waals surface area contributed by atoms with Crippen molar-refractivity contribution in [1.82, 2.24) is 0 Å². The van der Waals surface area contributed by atoms with Crippen molar-refractivity contribution in [2.24, 2.45) is 0 Å². The van der Waals surface area contributed by atoms with Gasteiger partial charge in [0.25, 0.3) is 5.91 Å². The van der Waals surface area contributed by atoms with Gasteiger partial charge < -0.3 is 5.32 Å². The number of hydrogen-bond donors (Lipinski definition) is 1. The monoisotopic (exact) mass is 289 g/mol. The quantitative estimate of drug-likeness (QED) is 0.704. The van der Waals surface area contributed by atoms with Gasteiger partial charge in [-0.25, -0.2) is 0 Å². The van der Waals surface area contributed by atoms with Crippen LogP contribution in [0.2, 0.25) is 0 Å². The molecule has 3 rings (SSSR count). The molecule has 0 aliphatic rings. The highest BCUT2D eigenvalue weighted by Gasteiger charge is 2.07. The summed E-state index contributed by atoms with van der Waals surface area (Å²) in [7, 11) is 0. The van der Waals surface area contributed by atoms with E-state index in [1.165, 1.54) is 10.9 Å². The van der Waals surface area contributed by atoms with Crippen LogP contribution in [-0.4, -0.2) is 5.91 Å². The van der Waals surface area contributed by atoms with E-state index >= 15 is 0 Å². The van der Waals surface area contributed by atoms with E-state index < -0.39 is 0 Å². The summed E-state index contributed by atoms with van der Waals surface area (Å²) in [5.41, 5.74) is 2.73. The van der Waals surface area contributed by atoms with E-state index in [0.717, 1.165) is 11.1 Å². The molecule has 110 valence electrons. The fraction of sp³-hybridized carbons (Fsp3) is 0.150. The molecule has 3 aromatic rings. The molecule has 1 amide bonds. The van der Waals surface area contributed by atoms with Crippen LogP contribution in [0, 0.1) is 0 Å². The molecule has 0 fully saturated rings. The standard InChI is InChI=1S/C20H19NO/c1-14(2)15-7-9-17(10-8-15)20(22)21-19-12-11-16-5-3-4-6-18(16)13-19/h3-14H,1-2H3,(H,21,22). The normalized spacial score (nSPS) is 10.9. The second-order valence-corrected chi connectivity index (χ2v) is 5.79. The van der Waals surface area contributed by atoms with Gasteiger partial charge >= 0.3 is 0 Å². The van der Waals surface area contributed by atoms with Crippen LogP contribution in [0.25, 0.3) is 10.8 Å². The highest BCUT2D eigenvalue weighted by molar-refractivity contribution is 6.05. The van der Waals surface area contributed by atoms with E-state index in [-0.39, 0.29) is 5.91 Å². The van der Waals surface area contributed by atoms with Gasteiger partial charge in [-0.05, 0) is 46.5 Å². The molecule has 0 heterocycles. The molecule has 0 saturated heterocycles. The topological polar surface area (TPSA) is 29.1 Å². The van der Waals surface area contributed by atoms with Crippen molar-refractivity contribution in [3.8, 4) is 0 Å². The number of carbonyl (C=O) groups excluding carboxylic acids is 1. The van der Waals surface area contributed by atoms with Gasteiger partial charge in [0.2, 0.25) is 0 Å². The van der Waals surface area contributed by atoms with Crippen molar-refractivity contribution in [3.63, 3.8) is 0 Å². The number of amides is 1. The number of rotatable bonds is 3. The molecule has 0 atom stereocenters. The third kappa shape index (κ3) is 3.01. The Kier molecular flexibility index (Phi) is 3.92. The Hall–Kier alpha value is -2.61. The maximum absolute atomic E-state index is 12.3. The highest BCUT2D eigenvalue weighted by Crippen LogP contribution is 2.20. The molecule has 2 heteroatoms.